The number of aliphatic hydroxyl groups excluding tert-OH is 1. The van der Waals surface area contributed by atoms with Crippen molar-refractivity contribution in [2.24, 2.45) is 17.6 Å². The minimum atomic E-state index is -0.171. The molecule has 0 aromatic rings. The number of amides is 1. The Morgan fingerprint density at radius 2 is 2.29 bits per heavy atom. The number of hydrogen-bond acceptors (Lipinski definition) is 4. The van der Waals surface area contributed by atoms with E-state index in [4.69, 9.17) is 10.5 Å². The molecule has 1 saturated carbocycles. The van der Waals surface area contributed by atoms with E-state index in [0.717, 1.165) is 19.3 Å². The average molecular weight is 242 g/mol. The first-order valence-electron chi connectivity index (χ1n) is 6.47. The molecule has 17 heavy (non-hydrogen) atoms. The summed E-state index contributed by atoms with van der Waals surface area (Å²) < 4.78 is 5.29. The highest BCUT2D eigenvalue weighted by atomic mass is 16.5. The number of nitrogens with zero attached hydrogens (tertiary/aromatic N) is 1. The molecule has 3 unspecified atom stereocenters. The standard InChI is InChI=1S/C12H22N2O3/c13-6-9-2-1-3-11(9)12(16)14-4-5-17-8-10(14)7-15/h9-11,15H,1-8,13H2. The minimum Gasteiger partial charge on any atom is -0.394 e. The lowest BCUT2D eigenvalue weighted by atomic mass is 9.94. The molecule has 1 amide bonds. The number of aliphatic hydroxyl groups is 1. The molecule has 0 bridgehead atoms. The summed E-state index contributed by atoms with van der Waals surface area (Å²) in [5, 5.41) is 9.28. The number of hydrogen-bond donors (Lipinski definition) is 2. The number of nitrogens with two attached hydrogens (primary N) is 1. The van der Waals surface area contributed by atoms with Gasteiger partial charge in [-0.25, -0.2) is 0 Å². The van der Waals surface area contributed by atoms with Crippen molar-refractivity contribution < 1.29 is 14.6 Å². The van der Waals surface area contributed by atoms with Gasteiger partial charge in [-0.15, -0.1) is 0 Å². The Balaban J connectivity index is 2.02. The Kier molecular flexibility index (Phi) is 4.36. The third-order valence-corrected chi connectivity index (χ3v) is 4.00. The highest BCUT2D eigenvalue weighted by Crippen LogP contribution is 2.33. The molecule has 2 aliphatic rings. The smallest absolute Gasteiger partial charge is 0.226 e. The Morgan fingerprint density at radius 3 is 3.00 bits per heavy atom. The van der Waals surface area contributed by atoms with Crippen LogP contribution in [0.15, 0.2) is 0 Å². The second-order valence-electron chi connectivity index (χ2n) is 4.98. The van der Waals surface area contributed by atoms with Crippen molar-refractivity contribution in [3.8, 4) is 0 Å². The van der Waals surface area contributed by atoms with Crippen LogP contribution in [0.4, 0.5) is 0 Å². The van der Waals surface area contributed by atoms with Crippen LogP contribution in [0.1, 0.15) is 19.3 Å². The number of carbonyl (C=O) groups is 1. The van der Waals surface area contributed by atoms with Crippen molar-refractivity contribution in [3.63, 3.8) is 0 Å². The summed E-state index contributed by atoms with van der Waals surface area (Å²) in [5.41, 5.74) is 5.71. The van der Waals surface area contributed by atoms with E-state index in [-0.39, 0.29) is 24.5 Å². The lowest BCUT2D eigenvalue weighted by Crippen LogP contribution is -2.53. The van der Waals surface area contributed by atoms with Crippen molar-refractivity contribution in [1.82, 2.24) is 4.90 Å². The normalized spacial score (nSPS) is 34.0. The van der Waals surface area contributed by atoms with Gasteiger partial charge in [-0.05, 0) is 25.3 Å². The van der Waals surface area contributed by atoms with E-state index < -0.39 is 0 Å². The highest BCUT2D eigenvalue weighted by molar-refractivity contribution is 5.80. The Bertz CT molecular complexity index is 272. The summed E-state index contributed by atoms with van der Waals surface area (Å²) >= 11 is 0. The van der Waals surface area contributed by atoms with Crippen molar-refractivity contribution in [3.05, 3.63) is 0 Å². The molecule has 0 radical (unpaired) electrons. The van der Waals surface area contributed by atoms with Gasteiger partial charge in [0.05, 0.1) is 25.9 Å². The number of morpholine rings is 1. The van der Waals surface area contributed by atoms with Gasteiger partial charge in [-0.3, -0.25) is 4.79 Å². The summed E-state index contributed by atoms with van der Waals surface area (Å²) in [5.74, 6) is 0.553. The Labute approximate surface area is 102 Å². The van der Waals surface area contributed by atoms with Crippen LogP contribution < -0.4 is 5.73 Å². The van der Waals surface area contributed by atoms with Gasteiger partial charge in [0, 0.05) is 12.5 Å². The molecule has 0 aromatic carbocycles. The van der Waals surface area contributed by atoms with Gasteiger partial charge in [0.15, 0.2) is 0 Å². The lowest BCUT2D eigenvalue weighted by Gasteiger charge is -2.37. The molecule has 5 nitrogen and oxygen atoms in total. The molecule has 3 atom stereocenters. The average Bonchev–Trinajstić information content (AvgIpc) is 2.86. The molecule has 1 saturated heterocycles. The highest BCUT2D eigenvalue weighted by Gasteiger charge is 2.37. The number of ether oxygens (including phenoxy) is 1. The van der Waals surface area contributed by atoms with Gasteiger partial charge in [0.1, 0.15) is 0 Å². The van der Waals surface area contributed by atoms with Gasteiger partial charge in [-0.2, -0.15) is 0 Å². The van der Waals surface area contributed by atoms with E-state index >= 15 is 0 Å². The van der Waals surface area contributed by atoms with Gasteiger partial charge in [0.2, 0.25) is 5.91 Å². The quantitative estimate of drug-likeness (QED) is 0.705. The molecule has 0 aromatic heterocycles. The summed E-state index contributed by atoms with van der Waals surface area (Å²) in [6.07, 6.45) is 3.09. The molecule has 0 spiro atoms. The molecular formula is C12H22N2O3. The SMILES string of the molecule is NCC1CCCC1C(=O)N1CCOCC1CO. The molecule has 5 heteroatoms. The molecular weight excluding hydrogens is 220 g/mol. The molecule has 2 rings (SSSR count). The first-order chi connectivity index (χ1) is 8.27. The van der Waals surface area contributed by atoms with Crippen LogP contribution in [0.2, 0.25) is 0 Å². The second-order valence-corrected chi connectivity index (χ2v) is 4.98. The van der Waals surface area contributed by atoms with Crippen LogP contribution in [-0.2, 0) is 9.53 Å². The molecule has 1 aliphatic carbocycles. The fourth-order valence-electron chi connectivity index (χ4n) is 2.95. The van der Waals surface area contributed by atoms with E-state index in [9.17, 15) is 9.90 Å². The molecule has 1 heterocycles. The van der Waals surface area contributed by atoms with Crippen LogP contribution in [0, 0.1) is 11.8 Å². The zero-order valence-corrected chi connectivity index (χ0v) is 10.2. The zero-order chi connectivity index (χ0) is 12.3. The van der Waals surface area contributed by atoms with Gasteiger partial charge in [0.25, 0.3) is 0 Å². The first-order valence-corrected chi connectivity index (χ1v) is 6.47. The Hall–Kier alpha value is -0.650. The number of rotatable bonds is 3. The minimum absolute atomic E-state index is 0.0221. The maximum absolute atomic E-state index is 12.4. The molecule has 2 fully saturated rings. The van der Waals surface area contributed by atoms with Crippen molar-refractivity contribution in [2.75, 3.05) is 32.9 Å². The first kappa shape index (κ1) is 12.8. The van der Waals surface area contributed by atoms with Gasteiger partial charge >= 0.3 is 0 Å². The van der Waals surface area contributed by atoms with Crippen LogP contribution in [0.5, 0.6) is 0 Å². The largest absolute Gasteiger partial charge is 0.394 e. The predicted octanol–water partition coefficient (Wildman–Crippen LogP) is -0.419. The van der Waals surface area contributed by atoms with E-state index in [2.05, 4.69) is 0 Å². The third kappa shape index (κ3) is 2.61. The van der Waals surface area contributed by atoms with Crippen molar-refractivity contribution >= 4 is 5.91 Å². The molecule has 98 valence electrons. The molecule has 1 aliphatic heterocycles. The number of carbonyl (C=O) groups excluding carboxylic acids is 1. The van der Waals surface area contributed by atoms with E-state index in [0.29, 0.717) is 32.2 Å². The van der Waals surface area contributed by atoms with E-state index in [1.54, 1.807) is 4.90 Å². The van der Waals surface area contributed by atoms with Crippen molar-refractivity contribution in [2.45, 2.75) is 25.3 Å². The van der Waals surface area contributed by atoms with Crippen LogP contribution >= 0.6 is 0 Å². The maximum atomic E-state index is 12.4. The van der Waals surface area contributed by atoms with Crippen LogP contribution in [0.25, 0.3) is 0 Å². The maximum Gasteiger partial charge on any atom is 0.226 e. The fraction of sp³-hybridized carbons (Fsp3) is 0.917. The predicted molar refractivity (Wildman–Crippen MR) is 63.3 cm³/mol. The van der Waals surface area contributed by atoms with Gasteiger partial charge < -0.3 is 20.5 Å². The van der Waals surface area contributed by atoms with Crippen molar-refractivity contribution in [1.29, 1.82) is 0 Å². The lowest BCUT2D eigenvalue weighted by molar-refractivity contribution is -0.147. The summed E-state index contributed by atoms with van der Waals surface area (Å²) in [4.78, 5) is 14.2. The summed E-state index contributed by atoms with van der Waals surface area (Å²) in [7, 11) is 0. The summed E-state index contributed by atoms with van der Waals surface area (Å²) in [6, 6.07) is -0.171. The summed E-state index contributed by atoms with van der Waals surface area (Å²) in [6.45, 7) is 2.18. The van der Waals surface area contributed by atoms with Crippen LogP contribution in [-0.4, -0.2) is 54.9 Å². The zero-order valence-electron chi connectivity index (χ0n) is 10.2. The fourth-order valence-corrected chi connectivity index (χ4v) is 2.95. The Morgan fingerprint density at radius 1 is 1.47 bits per heavy atom. The van der Waals surface area contributed by atoms with E-state index in [1.807, 2.05) is 0 Å². The molecule has 3 N–H and O–H groups in total. The monoisotopic (exact) mass is 242 g/mol. The third-order valence-electron chi connectivity index (χ3n) is 4.00. The topological polar surface area (TPSA) is 75.8 Å². The van der Waals surface area contributed by atoms with Gasteiger partial charge in [-0.1, -0.05) is 6.42 Å². The van der Waals surface area contributed by atoms with Crippen LogP contribution in [0.3, 0.4) is 0 Å². The second kappa shape index (κ2) is 5.80. The van der Waals surface area contributed by atoms with E-state index in [1.165, 1.54) is 0 Å².